The normalized spacial score (nSPS) is 12.4. The maximum atomic E-state index is 11.8. The van der Waals surface area contributed by atoms with Gasteiger partial charge in [-0.05, 0) is 13.3 Å². The first-order valence-electron chi connectivity index (χ1n) is 6.21. The number of hydrogen-bond acceptors (Lipinski definition) is 6. The zero-order valence-corrected chi connectivity index (χ0v) is 11.6. The number of rotatable bonds is 5. The lowest BCUT2D eigenvalue weighted by molar-refractivity contribution is 0.0595. The van der Waals surface area contributed by atoms with Gasteiger partial charge in [0.15, 0.2) is 5.69 Å². The van der Waals surface area contributed by atoms with E-state index in [4.69, 9.17) is 4.74 Å². The molecule has 0 aliphatic heterocycles. The second-order valence-electron chi connectivity index (χ2n) is 4.54. The largest absolute Gasteiger partial charge is 0.464 e. The van der Waals surface area contributed by atoms with Crippen LogP contribution in [0.5, 0.6) is 0 Å². The molecule has 0 radical (unpaired) electrons. The molecule has 2 aromatic rings. The van der Waals surface area contributed by atoms with Crippen molar-refractivity contribution in [2.75, 3.05) is 7.11 Å². The second kappa shape index (κ2) is 5.83. The zero-order valence-electron chi connectivity index (χ0n) is 11.6. The highest BCUT2D eigenvalue weighted by Crippen LogP contribution is 2.22. The number of ether oxygens (including phenoxy) is 1. The van der Waals surface area contributed by atoms with E-state index in [1.165, 1.54) is 7.11 Å². The fourth-order valence-electron chi connectivity index (χ4n) is 1.84. The van der Waals surface area contributed by atoms with E-state index in [0.29, 0.717) is 18.7 Å². The Morgan fingerprint density at radius 3 is 2.85 bits per heavy atom. The smallest absolute Gasteiger partial charge is 0.360 e. The van der Waals surface area contributed by atoms with E-state index in [2.05, 4.69) is 15.4 Å². The Hall–Kier alpha value is -2.22. The monoisotopic (exact) mass is 279 g/mol. The van der Waals surface area contributed by atoms with Crippen molar-refractivity contribution in [3.8, 4) is 11.3 Å². The molecule has 0 saturated heterocycles. The Bertz CT molecular complexity index is 602. The first-order chi connectivity index (χ1) is 9.52. The van der Waals surface area contributed by atoms with Crippen LogP contribution in [0.4, 0.5) is 0 Å². The van der Waals surface area contributed by atoms with E-state index in [-0.39, 0.29) is 5.69 Å². The molecule has 2 rings (SSSR count). The van der Waals surface area contributed by atoms with Gasteiger partial charge in [0, 0.05) is 25.4 Å². The molecule has 0 aromatic carbocycles. The number of aliphatic hydroxyl groups is 1. The molecule has 8 nitrogen and oxygen atoms in total. The third-order valence-corrected chi connectivity index (χ3v) is 2.85. The molecule has 1 atom stereocenters. The van der Waals surface area contributed by atoms with Crippen LogP contribution in [0.15, 0.2) is 12.4 Å². The van der Waals surface area contributed by atoms with Gasteiger partial charge in [-0.1, -0.05) is 5.21 Å². The Kier molecular flexibility index (Phi) is 4.14. The van der Waals surface area contributed by atoms with Gasteiger partial charge in [-0.15, -0.1) is 5.10 Å². The SMILES string of the molecule is COC(=O)c1nnn(CCC(C)O)c1-c1cnn(C)c1. The van der Waals surface area contributed by atoms with Crippen LogP contribution in [0, 0.1) is 0 Å². The minimum absolute atomic E-state index is 0.145. The van der Waals surface area contributed by atoms with Crippen molar-refractivity contribution in [2.24, 2.45) is 7.05 Å². The summed E-state index contributed by atoms with van der Waals surface area (Å²) in [4.78, 5) is 11.8. The predicted octanol–water partition coefficient (Wildman–Crippen LogP) is 0.236. The lowest BCUT2D eigenvalue weighted by Crippen LogP contribution is -2.10. The standard InChI is InChI=1S/C12H17N5O3/c1-8(18)4-5-17-11(9-6-13-16(2)7-9)10(14-15-17)12(19)20-3/h6-8,18H,4-5H2,1-3H3. The van der Waals surface area contributed by atoms with Crippen molar-refractivity contribution in [1.82, 2.24) is 24.8 Å². The lowest BCUT2D eigenvalue weighted by Gasteiger charge is -2.07. The van der Waals surface area contributed by atoms with Crippen LogP contribution in [0.25, 0.3) is 11.3 Å². The van der Waals surface area contributed by atoms with E-state index in [1.807, 2.05) is 0 Å². The van der Waals surface area contributed by atoms with E-state index < -0.39 is 12.1 Å². The van der Waals surface area contributed by atoms with E-state index in [1.54, 1.807) is 35.7 Å². The molecule has 0 aliphatic carbocycles. The topological polar surface area (TPSA) is 95.1 Å². The molecule has 0 spiro atoms. The number of aryl methyl sites for hydroxylation is 2. The number of carbonyl (C=O) groups is 1. The van der Waals surface area contributed by atoms with E-state index >= 15 is 0 Å². The highest BCUT2D eigenvalue weighted by molar-refractivity contribution is 5.93. The van der Waals surface area contributed by atoms with Crippen LogP contribution < -0.4 is 0 Å². The average Bonchev–Trinajstić information content (AvgIpc) is 3.01. The molecule has 8 heteroatoms. The number of esters is 1. The van der Waals surface area contributed by atoms with Crippen LogP contribution >= 0.6 is 0 Å². The van der Waals surface area contributed by atoms with Gasteiger partial charge in [0.2, 0.25) is 0 Å². The third-order valence-electron chi connectivity index (χ3n) is 2.85. The van der Waals surface area contributed by atoms with Crippen molar-refractivity contribution in [2.45, 2.75) is 26.0 Å². The van der Waals surface area contributed by atoms with E-state index in [0.717, 1.165) is 5.56 Å². The summed E-state index contributed by atoms with van der Waals surface area (Å²) in [6.07, 6.45) is 3.45. The van der Waals surface area contributed by atoms with Crippen LogP contribution in [0.3, 0.4) is 0 Å². The highest BCUT2D eigenvalue weighted by atomic mass is 16.5. The number of aromatic nitrogens is 5. The van der Waals surface area contributed by atoms with Crippen LogP contribution in [-0.2, 0) is 18.3 Å². The maximum Gasteiger partial charge on any atom is 0.360 e. The Morgan fingerprint density at radius 2 is 2.30 bits per heavy atom. The molecule has 0 amide bonds. The van der Waals surface area contributed by atoms with Gasteiger partial charge in [0.05, 0.1) is 19.4 Å². The second-order valence-corrected chi connectivity index (χ2v) is 4.54. The number of aliphatic hydroxyl groups excluding tert-OH is 1. The van der Waals surface area contributed by atoms with Crippen LogP contribution in [-0.4, -0.2) is 49.1 Å². The molecular weight excluding hydrogens is 262 g/mol. The summed E-state index contributed by atoms with van der Waals surface area (Å²) in [6, 6.07) is 0. The first-order valence-corrected chi connectivity index (χ1v) is 6.21. The van der Waals surface area contributed by atoms with Gasteiger partial charge in [-0.25, -0.2) is 9.48 Å². The third kappa shape index (κ3) is 2.85. The van der Waals surface area contributed by atoms with E-state index in [9.17, 15) is 9.90 Å². The highest BCUT2D eigenvalue weighted by Gasteiger charge is 2.22. The van der Waals surface area contributed by atoms with Crippen molar-refractivity contribution in [3.05, 3.63) is 18.1 Å². The average molecular weight is 279 g/mol. The van der Waals surface area contributed by atoms with Gasteiger partial charge in [-0.2, -0.15) is 5.10 Å². The number of carbonyl (C=O) groups excluding carboxylic acids is 1. The molecule has 2 heterocycles. The maximum absolute atomic E-state index is 11.8. The molecule has 0 saturated carbocycles. The minimum atomic E-state index is -0.549. The number of hydrogen-bond donors (Lipinski definition) is 1. The molecule has 1 N–H and O–H groups in total. The van der Waals surface area contributed by atoms with Crippen molar-refractivity contribution in [1.29, 1.82) is 0 Å². The quantitative estimate of drug-likeness (QED) is 0.788. The Balaban J connectivity index is 2.42. The molecule has 0 aliphatic rings. The molecule has 108 valence electrons. The molecule has 1 unspecified atom stereocenters. The summed E-state index contributed by atoms with van der Waals surface area (Å²) in [5.41, 5.74) is 1.42. The molecule has 2 aromatic heterocycles. The van der Waals surface area contributed by atoms with Crippen molar-refractivity contribution < 1.29 is 14.6 Å². The summed E-state index contributed by atoms with van der Waals surface area (Å²) in [6.45, 7) is 2.15. The Labute approximate surface area is 116 Å². The first kappa shape index (κ1) is 14.2. The van der Waals surface area contributed by atoms with Crippen LogP contribution in [0.2, 0.25) is 0 Å². The number of nitrogens with zero attached hydrogens (tertiary/aromatic N) is 5. The van der Waals surface area contributed by atoms with Gasteiger partial charge in [-0.3, -0.25) is 4.68 Å². The minimum Gasteiger partial charge on any atom is -0.464 e. The van der Waals surface area contributed by atoms with Crippen LogP contribution in [0.1, 0.15) is 23.8 Å². The Morgan fingerprint density at radius 1 is 1.55 bits per heavy atom. The summed E-state index contributed by atoms with van der Waals surface area (Å²) in [5, 5.41) is 21.3. The fourth-order valence-corrected chi connectivity index (χ4v) is 1.84. The van der Waals surface area contributed by atoms with Crippen molar-refractivity contribution in [3.63, 3.8) is 0 Å². The van der Waals surface area contributed by atoms with Gasteiger partial charge >= 0.3 is 5.97 Å². The molecule has 0 fully saturated rings. The predicted molar refractivity (Wildman–Crippen MR) is 69.9 cm³/mol. The van der Waals surface area contributed by atoms with Gasteiger partial charge in [0.25, 0.3) is 0 Å². The summed E-state index contributed by atoms with van der Waals surface area (Å²) in [5.74, 6) is -0.549. The summed E-state index contributed by atoms with van der Waals surface area (Å²) >= 11 is 0. The molecular formula is C12H17N5O3. The van der Waals surface area contributed by atoms with Gasteiger partial charge in [0.1, 0.15) is 5.69 Å². The fraction of sp³-hybridized carbons (Fsp3) is 0.500. The zero-order chi connectivity index (χ0) is 14.7. The molecule has 20 heavy (non-hydrogen) atoms. The summed E-state index contributed by atoms with van der Waals surface area (Å²) in [7, 11) is 3.08. The number of methoxy groups -OCH3 is 1. The van der Waals surface area contributed by atoms with Crippen molar-refractivity contribution >= 4 is 5.97 Å². The van der Waals surface area contributed by atoms with Gasteiger partial charge < -0.3 is 9.84 Å². The summed E-state index contributed by atoms with van der Waals surface area (Å²) < 4.78 is 7.92. The molecule has 0 bridgehead atoms. The lowest BCUT2D eigenvalue weighted by atomic mass is 10.2.